The topological polar surface area (TPSA) is 65.7 Å². The summed E-state index contributed by atoms with van der Waals surface area (Å²) in [6, 6.07) is 16.4. The van der Waals surface area contributed by atoms with E-state index in [1.54, 1.807) is 12.1 Å². The third-order valence-electron chi connectivity index (χ3n) is 3.34. The van der Waals surface area contributed by atoms with Crippen LogP contribution in [0.4, 0.5) is 0 Å². The first kappa shape index (κ1) is 14.8. The molecule has 0 saturated heterocycles. The van der Waals surface area contributed by atoms with Crippen molar-refractivity contribution >= 4 is 17.4 Å². The van der Waals surface area contributed by atoms with E-state index in [-0.39, 0.29) is 13.2 Å². The molecule has 0 aliphatic heterocycles. The average Bonchev–Trinajstić information content (AvgIpc) is 2.58. The van der Waals surface area contributed by atoms with E-state index in [4.69, 9.17) is 9.15 Å². The van der Waals surface area contributed by atoms with E-state index in [9.17, 15) is 9.59 Å². The van der Waals surface area contributed by atoms with Gasteiger partial charge in [0.25, 0.3) is 6.47 Å². The molecule has 0 atom stereocenters. The Labute approximate surface area is 132 Å². The second-order valence-corrected chi connectivity index (χ2v) is 4.82. The SMILES string of the molecule is O=COCCOc1ccc2c(-c3ccccc3)cc(=O)oc2c1. The molecule has 0 saturated carbocycles. The lowest BCUT2D eigenvalue weighted by Gasteiger charge is -2.08. The van der Waals surface area contributed by atoms with E-state index in [2.05, 4.69) is 4.74 Å². The van der Waals surface area contributed by atoms with Gasteiger partial charge in [0.1, 0.15) is 24.5 Å². The summed E-state index contributed by atoms with van der Waals surface area (Å²) >= 11 is 0. The van der Waals surface area contributed by atoms with Gasteiger partial charge >= 0.3 is 5.63 Å². The number of rotatable bonds is 6. The maximum absolute atomic E-state index is 11.8. The molecule has 1 heterocycles. The Morgan fingerprint density at radius 1 is 1.00 bits per heavy atom. The number of ether oxygens (including phenoxy) is 2. The molecule has 0 aliphatic rings. The van der Waals surface area contributed by atoms with Gasteiger partial charge in [0.05, 0.1) is 0 Å². The van der Waals surface area contributed by atoms with E-state index in [1.165, 1.54) is 6.07 Å². The van der Waals surface area contributed by atoms with Gasteiger partial charge < -0.3 is 13.9 Å². The number of hydrogen-bond donors (Lipinski definition) is 0. The van der Waals surface area contributed by atoms with Crippen LogP contribution in [0.25, 0.3) is 22.1 Å². The minimum atomic E-state index is -0.419. The zero-order valence-corrected chi connectivity index (χ0v) is 12.2. The highest BCUT2D eigenvalue weighted by atomic mass is 16.5. The van der Waals surface area contributed by atoms with Crippen molar-refractivity contribution in [2.24, 2.45) is 0 Å². The fourth-order valence-electron chi connectivity index (χ4n) is 2.35. The van der Waals surface area contributed by atoms with Crippen molar-refractivity contribution in [2.45, 2.75) is 0 Å². The maximum atomic E-state index is 11.8. The normalized spacial score (nSPS) is 10.4. The summed E-state index contributed by atoms with van der Waals surface area (Å²) in [7, 11) is 0. The van der Waals surface area contributed by atoms with Crippen molar-refractivity contribution in [1.82, 2.24) is 0 Å². The molecule has 0 spiro atoms. The van der Waals surface area contributed by atoms with E-state index in [0.717, 1.165) is 16.5 Å². The molecular weight excluding hydrogens is 296 g/mol. The second kappa shape index (κ2) is 6.79. The summed E-state index contributed by atoms with van der Waals surface area (Å²) in [4.78, 5) is 21.9. The summed E-state index contributed by atoms with van der Waals surface area (Å²) in [6.07, 6.45) is 0. The Morgan fingerprint density at radius 3 is 2.61 bits per heavy atom. The number of benzene rings is 2. The van der Waals surface area contributed by atoms with Gasteiger partial charge in [-0.1, -0.05) is 30.3 Å². The molecule has 0 fully saturated rings. The highest BCUT2D eigenvalue weighted by Gasteiger charge is 2.09. The first-order valence-electron chi connectivity index (χ1n) is 7.09. The van der Waals surface area contributed by atoms with Crippen molar-refractivity contribution in [3.63, 3.8) is 0 Å². The van der Waals surface area contributed by atoms with Crippen molar-refractivity contribution in [2.75, 3.05) is 13.2 Å². The van der Waals surface area contributed by atoms with Crippen LogP contribution >= 0.6 is 0 Å². The summed E-state index contributed by atoms with van der Waals surface area (Å²) < 4.78 is 15.3. The van der Waals surface area contributed by atoms with Crippen molar-refractivity contribution < 1.29 is 18.7 Å². The number of carbonyl (C=O) groups is 1. The van der Waals surface area contributed by atoms with Crippen molar-refractivity contribution in [3.05, 3.63) is 65.0 Å². The lowest BCUT2D eigenvalue weighted by Crippen LogP contribution is -2.05. The number of fused-ring (bicyclic) bond motifs is 1. The molecule has 23 heavy (non-hydrogen) atoms. The van der Waals surface area contributed by atoms with Gasteiger partial charge in [0, 0.05) is 17.5 Å². The number of carbonyl (C=O) groups excluding carboxylic acids is 1. The van der Waals surface area contributed by atoms with Crippen LogP contribution in [0.2, 0.25) is 0 Å². The summed E-state index contributed by atoms with van der Waals surface area (Å²) in [5.74, 6) is 0.542. The van der Waals surface area contributed by atoms with E-state index >= 15 is 0 Å². The third-order valence-corrected chi connectivity index (χ3v) is 3.34. The van der Waals surface area contributed by atoms with E-state index in [0.29, 0.717) is 17.8 Å². The Morgan fingerprint density at radius 2 is 1.83 bits per heavy atom. The van der Waals surface area contributed by atoms with E-state index in [1.807, 2.05) is 36.4 Å². The molecule has 0 amide bonds. The summed E-state index contributed by atoms with van der Waals surface area (Å²) in [6.45, 7) is 0.761. The molecule has 2 aromatic carbocycles. The van der Waals surface area contributed by atoms with Gasteiger partial charge in [0.2, 0.25) is 0 Å². The Kier molecular flexibility index (Phi) is 4.38. The van der Waals surface area contributed by atoms with Gasteiger partial charge in [-0.3, -0.25) is 4.79 Å². The van der Waals surface area contributed by atoms with Crippen LogP contribution in [-0.2, 0) is 9.53 Å². The third kappa shape index (κ3) is 3.40. The first-order valence-corrected chi connectivity index (χ1v) is 7.09. The van der Waals surface area contributed by atoms with Gasteiger partial charge in [-0.25, -0.2) is 4.79 Å². The van der Waals surface area contributed by atoms with Gasteiger partial charge in [0.15, 0.2) is 0 Å². The van der Waals surface area contributed by atoms with Gasteiger partial charge in [-0.2, -0.15) is 0 Å². The minimum absolute atomic E-state index is 0.162. The predicted molar refractivity (Wildman–Crippen MR) is 85.4 cm³/mol. The maximum Gasteiger partial charge on any atom is 0.336 e. The van der Waals surface area contributed by atoms with E-state index < -0.39 is 5.63 Å². The molecule has 3 rings (SSSR count). The average molecular weight is 310 g/mol. The predicted octanol–water partition coefficient (Wildman–Crippen LogP) is 3.01. The molecule has 1 aromatic heterocycles. The quantitative estimate of drug-likeness (QED) is 0.398. The van der Waals surface area contributed by atoms with Crippen LogP contribution in [-0.4, -0.2) is 19.7 Å². The van der Waals surface area contributed by atoms with Crippen LogP contribution in [0.1, 0.15) is 0 Å². The molecule has 0 N–H and O–H groups in total. The first-order chi connectivity index (χ1) is 11.3. The Balaban J connectivity index is 1.97. The summed E-state index contributed by atoms with van der Waals surface area (Å²) in [5, 5.41) is 0.826. The van der Waals surface area contributed by atoms with Gasteiger partial charge in [-0.15, -0.1) is 0 Å². The fraction of sp³-hybridized carbons (Fsp3) is 0.111. The molecule has 3 aromatic rings. The van der Waals surface area contributed by atoms with Crippen LogP contribution in [0, 0.1) is 0 Å². The molecular formula is C18H14O5. The van der Waals surface area contributed by atoms with Crippen LogP contribution < -0.4 is 10.4 Å². The van der Waals surface area contributed by atoms with Gasteiger partial charge in [-0.05, 0) is 23.3 Å². The largest absolute Gasteiger partial charge is 0.490 e. The minimum Gasteiger partial charge on any atom is -0.490 e. The Hall–Kier alpha value is -3.08. The molecule has 116 valence electrons. The highest BCUT2D eigenvalue weighted by molar-refractivity contribution is 5.93. The van der Waals surface area contributed by atoms with Crippen LogP contribution in [0.5, 0.6) is 5.75 Å². The standard InChI is InChI=1S/C18H14O5/c19-12-21-8-9-22-14-6-7-15-16(13-4-2-1-3-5-13)11-18(20)23-17(15)10-14/h1-7,10-12H,8-9H2. The molecule has 0 aliphatic carbocycles. The molecule has 0 bridgehead atoms. The smallest absolute Gasteiger partial charge is 0.336 e. The lowest BCUT2D eigenvalue weighted by molar-refractivity contribution is -0.129. The van der Waals surface area contributed by atoms with Crippen LogP contribution in [0.3, 0.4) is 0 Å². The molecule has 0 radical (unpaired) electrons. The zero-order valence-electron chi connectivity index (χ0n) is 12.2. The zero-order chi connectivity index (χ0) is 16.1. The number of hydrogen-bond acceptors (Lipinski definition) is 5. The molecule has 0 unspecified atom stereocenters. The van der Waals surface area contributed by atoms with Crippen molar-refractivity contribution in [1.29, 1.82) is 0 Å². The Bertz CT molecular complexity index is 867. The summed E-state index contributed by atoms with van der Waals surface area (Å²) in [5.41, 5.74) is 1.79. The fourth-order valence-corrected chi connectivity index (χ4v) is 2.35. The second-order valence-electron chi connectivity index (χ2n) is 4.82. The highest BCUT2D eigenvalue weighted by Crippen LogP contribution is 2.29. The lowest BCUT2D eigenvalue weighted by atomic mass is 10.0. The van der Waals surface area contributed by atoms with Crippen molar-refractivity contribution in [3.8, 4) is 16.9 Å². The van der Waals surface area contributed by atoms with Crippen LogP contribution in [0.15, 0.2) is 63.8 Å². The molecule has 5 nitrogen and oxygen atoms in total. The monoisotopic (exact) mass is 310 g/mol. The molecule has 5 heteroatoms.